The predicted molar refractivity (Wildman–Crippen MR) is 86.4 cm³/mol. The van der Waals surface area contributed by atoms with E-state index in [1.165, 1.54) is 18.4 Å². The molecule has 1 heterocycles. The molecular weight excluding hydrogens is 302 g/mol. The Bertz CT molecular complexity index is 666. The first kappa shape index (κ1) is 16.3. The molecule has 0 atom stereocenters. The Morgan fingerprint density at radius 3 is 2.68 bits per heavy atom. The SMILES string of the molecule is COC(=O)c1cc(CCc2cc(CO)ccc2OC)sc1N. The van der Waals surface area contributed by atoms with E-state index in [4.69, 9.17) is 15.2 Å². The number of thiophene rings is 1. The van der Waals surface area contributed by atoms with Crippen LogP contribution in [0.4, 0.5) is 5.00 Å². The molecule has 0 aliphatic heterocycles. The Labute approximate surface area is 133 Å². The van der Waals surface area contributed by atoms with Crippen LogP contribution in [0, 0.1) is 0 Å². The highest BCUT2D eigenvalue weighted by atomic mass is 32.1. The van der Waals surface area contributed by atoms with Crippen molar-refractivity contribution in [1.82, 2.24) is 0 Å². The van der Waals surface area contributed by atoms with Gasteiger partial charge in [0, 0.05) is 4.88 Å². The smallest absolute Gasteiger partial charge is 0.340 e. The van der Waals surface area contributed by atoms with Crippen molar-refractivity contribution in [3.05, 3.63) is 45.8 Å². The van der Waals surface area contributed by atoms with E-state index in [1.807, 2.05) is 18.2 Å². The molecule has 0 aliphatic rings. The van der Waals surface area contributed by atoms with Crippen LogP contribution in [0.3, 0.4) is 0 Å². The van der Waals surface area contributed by atoms with Crippen molar-refractivity contribution in [3.63, 3.8) is 0 Å². The van der Waals surface area contributed by atoms with Crippen molar-refractivity contribution in [2.75, 3.05) is 20.0 Å². The molecule has 0 bridgehead atoms. The summed E-state index contributed by atoms with van der Waals surface area (Å²) in [7, 11) is 2.96. The zero-order valence-electron chi connectivity index (χ0n) is 12.6. The molecule has 5 nitrogen and oxygen atoms in total. The molecule has 0 aliphatic carbocycles. The zero-order valence-corrected chi connectivity index (χ0v) is 13.4. The number of nitrogen functional groups attached to an aromatic ring is 1. The summed E-state index contributed by atoms with van der Waals surface area (Å²) in [5.74, 6) is 0.370. The van der Waals surface area contributed by atoms with Gasteiger partial charge in [-0.15, -0.1) is 11.3 Å². The van der Waals surface area contributed by atoms with Crippen molar-refractivity contribution < 1.29 is 19.4 Å². The minimum Gasteiger partial charge on any atom is -0.496 e. The summed E-state index contributed by atoms with van der Waals surface area (Å²) >= 11 is 1.39. The van der Waals surface area contributed by atoms with Crippen LogP contribution >= 0.6 is 11.3 Å². The maximum absolute atomic E-state index is 11.6. The van der Waals surface area contributed by atoms with Gasteiger partial charge in [-0.2, -0.15) is 0 Å². The molecule has 2 aromatic rings. The number of benzene rings is 1. The molecule has 0 saturated carbocycles. The van der Waals surface area contributed by atoms with Gasteiger partial charge >= 0.3 is 5.97 Å². The normalized spacial score (nSPS) is 10.5. The lowest BCUT2D eigenvalue weighted by Crippen LogP contribution is -2.02. The summed E-state index contributed by atoms with van der Waals surface area (Å²) < 4.78 is 10.0. The summed E-state index contributed by atoms with van der Waals surface area (Å²) in [5.41, 5.74) is 8.12. The number of aliphatic hydroxyl groups excluding tert-OH is 1. The fourth-order valence-corrected chi connectivity index (χ4v) is 3.15. The van der Waals surface area contributed by atoms with Gasteiger partial charge in [-0.05, 0) is 42.2 Å². The van der Waals surface area contributed by atoms with Crippen LogP contribution in [0.25, 0.3) is 0 Å². The zero-order chi connectivity index (χ0) is 16.1. The highest BCUT2D eigenvalue weighted by Crippen LogP contribution is 2.28. The molecule has 3 N–H and O–H groups in total. The number of anilines is 1. The summed E-state index contributed by atoms with van der Waals surface area (Å²) in [6.07, 6.45) is 1.47. The minimum atomic E-state index is -0.417. The van der Waals surface area contributed by atoms with Gasteiger partial charge in [0.1, 0.15) is 10.8 Å². The molecule has 0 saturated heterocycles. The molecule has 0 amide bonds. The predicted octanol–water partition coefficient (Wildman–Crippen LogP) is 2.40. The monoisotopic (exact) mass is 321 g/mol. The molecule has 0 unspecified atom stereocenters. The Hall–Kier alpha value is -2.05. The average molecular weight is 321 g/mol. The lowest BCUT2D eigenvalue weighted by Gasteiger charge is -2.09. The molecule has 2 rings (SSSR count). The van der Waals surface area contributed by atoms with E-state index in [0.29, 0.717) is 10.6 Å². The second kappa shape index (κ2) is 7.29. The number of nitrogens with two attached hydrogens (primary N) is 1. The largest absolute Gasteiger partial charge is 0.496 e. The van der Waals surface area contributed by atoms with Crippen LogP contribution in [0.5, 0.6) is 5.75 Å². The van der Waals surface area contributed by atoms with E-state index in [1.54, 1.807) is 13.2 Å². The van der Waals surface area contributed by atoms with Crippen LogP contribution in [-0.4, -0.2) is 25.3 Å². The topological polar surface area (TPSA) is 81.8 Å². The number of hydrogen-bond donors (Lipinski definition) is 2. The van der Waals surface area contributed by atoms with Crippen molar-refractivity contribution in [2.45, 2.75) is 19.4 Å². The Balaban J connectivity index is 2.15. The van der Waals surface area contributed by atoms with Gasteiger partial charge in [0.05, 0.1) is 26.4 Å². The molecular formula is C16H19NO4S. The third-order valence-electron chi connectivity index (χ3n) is 3.39. The maximum Gasteiger partial charge on any atom is 0.340 e. The van der Waals surface area contributed by atoms with E-state index in [2.05, 4.69) is 0 Å². The molecule has 0 fully saturated rings. The van der Waals surface area contributed by atoms with E-state index in [9.17, 15) is 9.90 Å². The number of aliphatic hydroxyl groups is 1. The molecule has 1 aromatic heterocycles. The van der Waals surface area contributed by atoms with Gasteiger partial charge in [-0.1, -0.05) is 6.07 Å². The number of rotatable bonds is 6. The third kappa shape index (κ3) is 3.58. The first-order valence-electron chi connectivity index (χ1n) is 6.82. The van der Waals surface area contributed by atoms with Gasteiger partial charge in [-0.3, -0.25) is 0 Å². The molecule has 118 valence electrons. The number of ether oxygens (including phenoxy) is 2. The van der Waals surface area contributed by atoms with E-state index >= 15 is 0 Å². The second-order valence-corrected chi connectivity index (χ2v) is 5.95. The molecule has 22 heavy (non-hydrogen) atoms. The lowest BCUT2D eigenvalue weighted by molar-refractivity contribution is 0.0602. The minimum absolute atomic E-state index is 0.00453. The van der Waals surface area contributed by atoms with Crippen LogP contribution in [0.1, 0.15) is 26.4 Å². The maximum atomic E-state index is 11.6. The summed E-state index contributed by atoms with van der Waals surface area (Å²) in [6.45, 7) is -0.00453. The van der Waals surface area contributed by atoms with Crippen LogP contribution in [0.15, 0.2) is 24.3 Å². The quantitative estimate of drug-likeness (QED) is 0.799. The van der Waals surface area contributed by atoms with Gasteiger partial charge in [0.15, 0.2) is 0 Å². The summed E-state index contributed by atoms with van der Waals surface area (Å²) in [5, 5.41) is 9.70. The summed E-state index contributed by atoms with van der Waals surface area (Å²) in [6, 6.07) is 7.38. The number of carbonyl (C=O) groups excluding carboxylic acids is 1. The number of carbonyl (C=O) groups is 1. The second-order valence-electron chi connectivity index (χ2n) is 4.79. The van der Waals surface area contributed by atoms with Crippen molar-refractivity contribution >= 4 is 22.3 Å². The highest BCUT2D eigenvalue weighted by molar-refractivity contribution is 7.16. The van der Waals surface area contributed by atoms with Gasteiger partial charge in [-0.25, -0.2) is 4.79 Å². The lowest BCUT2D eigenvalue weighted by atomic mass is 10.0. The van der Waals surface area contributed by atoms with Crippen molar-refractivity contribution in [3.8, 4) is 5.75 Å². The molecule has 6 heteroatoms. The van der Waals surface area contributed by atoms with Gasteiger partial charge in [0.2, 0.25) is 0 Å². The van der Waals surface area contributed by atoms with E-state index in [0.717, 1.165) is 34.6 Å². The summed E-state index contributed by atoms with van der Waals surface area (Å²) in [4.78, 5) is 12.6. The molecule has 0 radical (unpaired) electrons. The first-order valence-corrected chi connectivity index (χ1v) is 7.63. The van der Waals surface area contributed by atoms with Gasteiger partial charge in [0.25, 0.3) is 0 Å². The highest BCUT2D eigenvalue weighted by Gasteiger charge is 2.15. The Morgan fingerprint density at radius 1 is 1.27 bits per heavy atom. The fraction of sp³-hybridized carbons (Fsp3) is 0.312. The Kier molecular flexibility index (Phi) is 5.41. The molecule has 1 aromatic carbocycles. The third-order valence-corrected chi connectivity index (χ3v) is 4.41. The van der Waals surface area contributed by atoms with Gasteiger partial charge < -0.3 is 20.3 Å². The van der Waals surface area contributed by atoms with Crippen LogP contribution in [0.2, 0.25) is 0 Å². The van der Waals surface area contributed by atoms with Crippen molar-refractivity contribution in [1.29, 1.82) is 0 Å². The number of aryl methyl sites for hydroxylation is 2. The standard InChI is InChI=1S/C16H19NO4S/c1-20-14-6-3-10(9-18)7-11(14)4-5-12-8-13(15(17)22-12)16(19)21-2/h3,6-8,18H,4-5,9,17H2,1-2H3. The van der Waals surface area contributed by atoms with E-state index < -0.39 is 5.97 Å². The molecule has 0 spiro atoms. The van der Waals surface area contributed by atoms with Crippen molar-refractivity contribution in [2.24, 2.45) is 0 Å². The average Bonchev–Trinajstić information content (AvgIpc) is 2.92. The first-order chi connectivity index (χ1) is 10.6. The number of esters is 1. The number of hydrogen-bond acceptors (Lipinski definition) is 6. The van der Waals surface area contributed by atoms with Crippen LogP contribution < -0.4 is 10.5 Å². The Morgan fingerprint density at radius 2 is 2.05 bits per heavy atom. The fourth-order valence-electron chi connectivity index (χ4n) is 2.23. The van der Waals surface area contributed by atoms with Crippen LogP contribution in [-0.2, 0) is 24.2 Å². The number of methoxy groups -OCH3 is 2. The van der Waals surface area contributed by atoms with E-state index in [-0.39, 0.29) is 6.61 Å².